The summed E-state index contributed by atoms with van der Waals surface area (Å²) in [6.45, 7) is 2.98. The van der Waals surface area contributed by atoms with Crippen molar-refractivity contribution in [3.63, 3.8) is 0 Å². The van der Waals surface area contributed by atoms with Gasteiger partial charge in [-0.15, -0.1) is 24.0 Å². The first-order chi connectivity index (χ1) is 12.5. The molecule has 2 rings (SSSR count). The van der Waals surface area contributed by atoms with Crippen molar-refractivity contribution >= 4 is 35.8 Å². The van der Waals surface area contributed by atoms with Gasteiger partial charge in [0.15, 0.2) is 17.5 Å². The topological polar surface area (TPSA) is 61.8 Å². The van der Waals surface area contributed by atoms with Crippen LogP contribution in [0.15, 0.2) is 47.6 Å². The fraction of sp³-hybridized carbons (Fsp3) is 0.368. The molecule has 2 N–H and O–H groups in total. The van der Waals surface area contributed by atoms with E-state index in [1.54, 1.807) is 31.4 Å². The molecule has 0 bridgehead atoms. The van der Waals surface area contributed by atoms with Gasteiger partial charge in [-0.25, -0.2) is 9.37 Å². The summed E-state index contributed by atoms with van der Waals surface area (Å²) in [5.74, 6) is 1.44. The molecule has 0 aliphatic heterocycles. The summed E-state index contributed by atoms with van der Waals surface area (Å²) in [6.07, 6.45) is 1.57. The van der Waals surface area contributed by atoms with E-state index in [1.807, 2.05) is 38.1 Å². The summed E-state index contributed by atoms with van der Waals surface area (Å²) < 4.78 is 19.2. The molecule has 0 aliphatic rings. The van der Waals surface area contributed by atoms with Crippen LogP contribution in [0.5, 0.6) is 5.75 Å². The molecule has 0 amide bonds. The average Bonchev–Trinajstić information content (AvgIpc) is 2.64. The van der Waals surface area contributed by atoms with Crippen LogP contribution in [0.25, 0.3) is 0 Å². The van der Waals surface area contributed by atoms with Gasteiger partial charge < -0.3 is 20.3 Å². The second kappa shape index (κ2) is 11.6. The number of hydrogen-bond acceptors (Lipinski definition) is 4. The SMILES string of the molecule is CN=C(NCc1ccnc(N(C)C)c1)NCC(C)Oc1ccccc1F.I. The van der Waals surface area contributed by atoms with Crippen LogP contribution in [0.2, 0.25) is 0 Å². The zero-order valence-electron chi connectivity index (χ0n) is 16.1. The monoisotopic (exact) mass is 487 g/mol. The van der Waals surface area contributed by atoms with Crippen molar-refractivity contribution in [3.05, 3.63) is 54.0 Å². The second-order valence-electron chi connectivity index (χ2n) is 6.08. The minimum atomic E-state index is -0.365. The van der Waals surface area contributed by atoms with E-state index in [2.05, 4.69) is 20.6 Å². The minimum absolute atomic E-state index is 0. The van der Waals surface area contributed by atoms with Crippen LogP contribution in [-0.2, 0) is 6.54 Å². The van der Waals surface area contributed by atoms with Gasteiger partial charge in [0, 0.05) is 33.9 Å². The Morgan fingerprint density at radius 3 is 2.67 bits per heavy atom. The molecule has 0 saturated heterocycles. The van der Waals surface area contributed by atoms with Crippen LogP contribution in [0.4, 0.5) is 10.2 Å². The highest BCUT2D eigenvalue weighted by Crippen LogP contribution is 2.16. The van der Waals surface area contributed by atoms with Crippen molar-refractivity contribution in [2.45, 2.75) is 19.6 Å². The van der Waals surface area contributed by atoms with Crippen molar-refractivity contribution in [2.24, 2.45) is 4.99 Å². The van der Waals surface area contributed by atoms with Gasteiger partial charge in [0.25, 0.3) is 0 Å². The highest BCUT2D eigenvalue weighted by molar-refractivity contribution is 14.0. The van der Waals surface area contributed by atoms with Crippen LogP contribution < -0.4 is 20.3 Å². The summed E-state index contributed by atoms with van der Waals surface area (Å²) in [4.78, 5) is 10.5. The Morgan fingerprint density at radius 1 is 1.26 bits per heavy atom. The maximum atomic E-state index is 13.6. The maximum Gasteiger partial charge on any atom is 0.191 e. The molecule has 1 atom stereocenters. The smallest absolute Gasteiger partial charge is 0.191 e. The molecule has 1 aromatic heterocycles. The standard InChI is InChI=1S/C19H26FN5O.HI/c1-14(26-17-8-6-5-7-16(17)20)12-23-19(21-2)24-13-15-9-10-22-18(11-15)25(3)4;/h5-11,14H,12-13H2,1-4H3,(H2,21,23,24);1H. The number of nitrogens with one attached hydrogen (secondary N) is 2. The number of ether oxygens (including phenoxy) is 1. The van der Waals surface area contributed by atoms with E-state index in [-0.39, 0.29) is 41.6 Å². The Balaban J connectivity index is 0.00000364. The first-order valence-electron chi connectivity index (χ1n) is 8.47. The fourth-order valence-corrected chi connectivity index (χ4v) is 2.26. The third-order valence-electron chi connectivity index (χ3n) is 3.67. The molecule has 1 heterocycles. The van der Waals surface area contributed by atoms with Crippen LogP contribution in [0.1, 0.15) is 12.5 Å². The van der Waals surface area contributed by atoms with Gasteiger partial charge >= 0.3 is 0 Å². The van der Waals surface area contributed by atoms with Crippen molar-refractivity contribution in [3.8, 4) is 5.75 Å². The van der Waals surface area contributed by atoms with Gasteiger partial charge in [0.05, 0.1) is 6.54 Å². The van der Waals surface area contributed by atoms with E-state index in [9.17, 15) is 4.39 Å². The summed E-state index contributed by atoms with van der Waals surface area (Å²) in [6, 6.07) is 10.4. The lowest BCUT2D eigenvalue weighted by molar-refractivity contribution is 0.214. The summed E-state index contributed by atoms with van der Waals surface area (Å²) in [7, 11) is 5.61. The Hall–Kier alpha value is -2.10. The maximum absolute atomic E-state index is 13.6. The number of guanidine groups is 1. The predicted octanol–water partition coefficient (Wildman–Crippen LogP) is 3.04. The van der Waals surface area contributed by atoms with Crippen molar-refractivity contribution < 1.29 is 9.13 Å². The molecule has 2 aromatic rings. The Bertz CT molecular complexity index is 742. The number of pyridine rings is 1. The van der Waals surface area contributed by atoms with Gasteiger partial charge in [0.2, 0.25) is 0 Å². The van der Waals surface area contributed by atoms with E-state index in [4.69, 9.17) is 4.74 Å². The largest absolute Gasteiger partial charge is 0.486 e. The molecule has 0 saturated carbocycles. The number of halogens is 2. The number of hydrogen-bond donors (Lipinski definition) is 2. The molecule has 0 aliphatic carbocycles. The lowest BCUT2D eigenvalue weighted by Crippen LogP contribution is -2.41. The first-order valence-corrected chi connectivity index (χ1v) is 8.47. The predicted molar refractivity (Wildman–Crippen MR) is 119 cm³/mol. The van der Waals surface area contributed by atoms with Gasteiger partial charge in [-0.3, -0.25) is 4.99 Å². The number of rotatable bonds is 7. The van der Waals surface area contributed by atoms with E-state index >= 15 is 0 Å². The van der Waals surface area contributed by atoms with Crippen LogP contribution in [0, 0.1) is 5.82 Å². The third-order valence-corrected chi connectivity index (χ3v) is 3.67. The van der Waals surface area contributed by atoms with E-state index in [0.717, 1.165) is 11.4 Å². The molecule has 0 fully saturated rings. The molecule has 0 spiro atoms. The third kappa shape index (κ3) is 7.58. The van der Waals surface area contributed by atoms with Crippen molar-refractivity contribution in [2.75, 3.05) is 32.6 Å². The Morgan fingerprint density at radius 2 is 2.00 bits per heavy atom. The van der Waals surface area contributed by atoms with E-state index in [0.29, 0.717) is 19.0 Å². The molecule has 6 nitrogen and oxygen atoms in total. The highest BCUT2D eigenvalue weighted by atomic mass is 127. The normalized spacial score (nSPS) is 12.0. The minimum Gasteiger partial charge on any atom is -0.486 e. The van der Waals surface area contributed by atoms with Crippen LogP contribution >= 0.6 is 24.0 Å². The summed E-state index contributed by atoms with van der Waals surface area (Å²) in [5.41, 5.74) is 1.10. The zero-order valence-corrected chi connectivity index (χ0v) is 18.4. The van der Waals surface area contributed by atoms with Crippen LogP contribution in [-0.4, -0.2) is 44.7 Å². The summed E-state index contributed by atoms with van der Waals surface area (Å²) >= 11 is 0. The molecule has 8 heteroatoms. The molecule has 148 valence electrons. The number of para-hydroxylation sites is 1. The average molecular weight is 487 g/mol. The molecule has 27 heavy (non-hydrogen) atoms. The van der Waals surface area contributed by atoms with E-state index < -0.39 is 0 Å². The number of aromatic nitrogens is 1. The summed E-state index contributed by atoms with van der Waals surface area (Å²) in [5, 5.41) is 6.43. The first kappa shape index (κ1) is 22.9. The molecule has 0 radical (unpaired) electrons. The molecule has 1 unspecified atom stereocenters. The number of aliphatic imine (C=N–C) groups is 1. The lowest BCUT2D eigenvalue weighted by Gasteiger charge is -2.18. The Kier molecular flexibility index (Phi) is 9.84. The van der Waals surface area contributed by atoms with Gasteiger partial charge in [-0.05, 0) is 36.8 Å². The number of nitrogens with zero attached hydrogens (tertiary/aromatic N) is 3. The van der Waals surface area contributed by atoms with Crippen molar-refractivity contribution in [1.82, 2.24) is 15.6 Å². The quantitative estimate of drug-likeness (QED) is 0.357. The van der Waals surface area contributed by atoms with Gasteiger partial charge in [-0.2, -0.15) is 0 Å². The highest BCUT2D eigenvalue weighted by Gasteiger charge is 2.09. The number of benzene rings is 1. The Labute approximate surface area is 177 Å². The molecular formula is C19H27FIN5O. The van der Waals surface area contributed by atoms with Gasteiger partial charge in [-0.1, -0.05) is 12.1 Å². The lowest BCUT2D eigenvalue weighted by atomic mass is 10.2. The fourth-order valence-electron chi connectivity index (χ4n) is 2.26. The van der Waals surface area contributed by atoms with Crippen molar-refractivity contribution in [1.29, 1.82) is 0 Å². The van der Waals surface area contributed by atoms with Crippen LogP contribution in [0.3, 0.4) is 0 Å². The number of anilines is 1. The molecular weight excluding hydrogens is 460 g/mol. The van der Waals surface area contributed by atoms with E-state index in [1.165, 1.54) is 6.07 Å². The zero-order chi connectivity index (χ0) is 18.9. The second-order valence-corrected chi connectivity index (χ2v) is 6.08. The molecule has 1 aromatic carbocycles. The van der Waals surface area contributed by atoms with Gasteiger partial charge in [0.1, 0.15) is 11.9 Å².